The van der Waals surface area contributed by atoms with Crippen molar-refractivity contribution >= 4 is 32.6 Å². The molecular weight excluding hydrogens is 353 g/mol. The Hall–Kier alpha value is -2.48. The van der Waals surface area contributed by atoms with E-state index < -0.39 is 0 Å². The van der Waals surface area contributed by atoms with Gasteiger partial charge in [0.05, 0.1) is 15.9 Å². The molecule has 0 aliphatic carbocycles. The zero-order valence-electron chi connectivity index (χ0n) is 14.7. The van der Waals surface area contributed by atoms with E-state index in [1.165, 1.54) is 23.5 Å². The molecule has 26 heavy (non-hydrogen) atoms. The Morgan fingerprint density at radius 3 is 2.77 bits per heavy atom. The van der Waals surface area contributed by atoms with Crippen LogP contribution < -0.4 is 10.2 Å². The van der Waals surface area contributed by atoms with Gasteiger partial charge in [-0.1, -0.05) is 11.3 Å². The van der Waals surface area contributed by atoms with Crippen molar-refractivity contribution in [3.8, 4) is 0 Å². The van der Waals surface area contributed by atoms with Crippen LogP contribution >= 0.6 is 11.3 Å². The Morgan fingerprint density at radius 1 is 1.31 bits per heavy atom. The number of thiazole rings is 1. The summed E-state index contributed by atoms with van der Waals surface area (Å²) in [7, 11) is 1.78. The third-order valence-electron chi connectivity index (χ3n) is 4.67. The van der Waals surface area contributed by atoms with Gasteiger partial charge in [0.25, 0.3) is 5.91 Å². The second-order valence-corrected chi connectivity index (χ2v) is 7.65. The van der Waals surface area contributed by atoms with Gasteiger partial charge in [-0.25, -0.2) is 9.37 Å². The lowest BCUT2D eigenvalue weighted by Gasteiger charge is -2.32. The second kappa shape index (κ2) is 6.68. The number of nitrogens with one attached hydrogen (secondary N) is 1. The summed E-state index contributed by atoms with van der Waals surface area (Å²) in [5, 5.41) is 8.23. The van der Waals surface area contributed by atoms with E-state index in [2.05, 4.69) is 20.3 Å². The largest absolute Gasteiger partial charge is 0.348 e. The Balaban J connectivity index is 1.39. The van der Waals surface area contributed by atoms with Crippen LogP contribution in [0.25, 0.3) is 10.2 Å². The summed E-state index contributed by atoms with van der Waals surface area (Å²) in [6, 6.07) is 6.62. The van der Waals surface area contributed by atoms with Crippen molar-refractivity contribution < 1.29 is 9.18 Å². The third-order valence-corrected chi connectivity index (χ3v) is 5.75. The number of hydrogen-bond acceptors (Lipinski definition) is 5. The van der Waals surface area contributed by atoms with Gasteiger partial charge in [0.15, 0.2) is 5.13 Å². The van der Waals surface area contributed by atoms with Crippen LogP contribution in [0.2, 0.25) is 0 Å². The van der Waals surface area contributed by atoms with Gasteiger partial charge in [-0.05, 0) is 44.0 Å². The van der Waals surface area contributed by atoms with E-state index in [9.17, 15) is 9.18 Å². The van der Waals surface area contributed by atoms with Crippen molar-refractivity contribution in [2.45, 2.75) is 25.8 Å². The molecule has 0 spiro atoms. The van der Waals surface area contributed by atoms with Crippen molar-refractivity contribution in [2.24, 2.45) is 7.05 Å². The average molecular weight is 373 g/mol. The minimum atomic E-state index is -0.237. The van der Waals surface area contributed by atoms with Gasteiger partial charge < -0.3 is 10.2 Å². The Labute approximate surface area is 154 Å². The molecule has 136 valence electrons. The summed E-state index contributed by atoms with van der Waals surface area (Å²) >= 11 is 1.51. The molecule has 2 aromatic heterocycles. The van der Waals surface area contributed by atoms with E-state index in [0.29, 0.717) is 5.69 Å². The summed E-state index contributed by atoms with van der Waals surface area (Å²) in [5.41, 5.74) is 2.24. The van der Waals surface area contributed by atoms with Crippen LogP contribution in [-0.2, 0) is 7.05 Å². The van der Waals surface area contributed by atoms with E-state index in [-0.39, 0.29) is 17.8 Å². The molecule has 1 fully saturated rings. The summed E-state index contributed by atoms with van der Waals surface area (Å²) in [4.78, 5) is 19.2. The molecule has 0 radical (unpaired) electrons. The quantitative estimate of drug-likeness (QED) is 0.767. The number of rotatable bonds is 3. The van der Waals surface area contributed by atoms with Crippen molar-refractivity contribution in [1.82, 2.24) is 20.1 Å². The van der Waals surface area contributed by atoms with Crippen LogP contribution in [0.15, 0.2) is 24.3 Å². The predicted molar refractivity (Wildman–Crippen MR) is 100 cm³/mol. The molecule has 8 heteroatoms. The van der Waals surface area contributed by atoms with Crippen LogP contribution in [-0.4, -0.2) is 39.8 Å². The van der Waals surface area contributed by atoms with Gasteiger partial charge in [-0.15, -0.1) is 0 Å². The van der Waals surface area contributed by atoms with E-state index in [0.717, 1.165) is 47.0 Å². The molecule has 4 rings (SSSR count). The molecule has 3 heterocycles. The molecule has 1 aliphatic rings. The highest BCUT2D eigenvalue weighted by molar-refractivity contribution is 7.22. The van der Waals surface area contributed by atoms with E-state index >= 15 is 0 Å². The summed E-state index contributed by atoms with van der Waals surface area (Å²) < 4.78 is 15.8. The van der Waals surface area contributed by atoms with E-state index in [4.69, 9.17) is 0 Å². The molecular formula is C18H20FN5OS. The molecule has 1 amide bonds. The number of carbonyl (C=O) groups excluding carboxylic acids is 1. The van der Waals surface area contributed by atoms with Gasteiger partial charge in [0.1, 0.15) is 11.5 Å². The summed E-state index contributed by atoms with van der Waals surface area (Å²) in [6.07, 6.45) is 1.71. The zero-order valence-corrected chi connectivity index (χ0v) is 15.5. The molecule has 1 saturated heterocycles. The predicted octanol–water partition coefficient (Wildman–Crippen LogP) is 2.88. The normalized spacial score (nSPS) is 15.6. The smallest absolute Gasteiger partial charge is 0.269 e. The number of anilines is 1. The van der Waals surface area contributed by atoms with Crippen molar-refractivity contribution in [1.29, 1.82) is 0 Å². The number of aryl methyl sites for hydroxylation is 2. The van der Waals surface area contributed by atoms with Crippen LogP contribution in [0.3, 0.4) is 0 Å². The molecule has 1 aromatic carbocycles. The minimum Gasteiger partial charge on any atom is -0.348 e. The average Bonchev–Trinajstić information content (AvgIpc) is 3.17. The number of nitrogens with zero attached hydrogens (tertiary/aromatic N) is 4. The van der Waals surface area contributed by atoms with E-state index in [1.807, 2.05) is 6.92 Å². The maximum absolute atomic E-state index is 13.3. The molecule has 6 nitrogen and oxygen atoms in total. The minimum absolute atomic E-state index is 0.0815. The summed E-state index contributed by atoms with van der Waals surface area (Å²) in [5.74, 6) is -0.318. The van der Waals surface area contributed by atoms with Crippen molar-refractivity contribution in [2.75, 3.05) is 18.0 Å². The van der Waals surface area contributed by atoms with Crippen LogP contribution in [0, 0.1) is 12.7 Å². The number of piperidine rings is 1. The van der Waals surface area contributed by atoms with Crippen LogP contribution in [0.1, 0.15) is 29.0 Å². The maximum atomic E-state index is 13.3. The fraction of sp³-hybridized carbons (Fsp3) is 0.389. The Bertz CT molecular complexity index is 958. The van der Waals surface area contributed by atoms with Gasteiger partial charge in [0.2, 0.25) is 0 Å². The molecule has 0 bridgehead atoms. The molecule has 1 aliphatic heterocycles. The zero-order chi connectivity index (χ0) is 18.3. The molecule has 0 atom stereocenters. The second-order valence-electron chi connectivity index (χ2n) is 6.64. The van der Waals surface area contributed by atoms with Gasteiger partial charge in [-0.2, -0.15) is 5.10 Å². The third kappa shape index (κ3) is 3.29. The number of amides is 1. The number of carbonyl (C=O) groups is 1. The first-order valence-corrected chi connectivity index (χ1v) is 9.44. The van der Waals surface area contributed by atoms with Gasteiger partial charge >= 0.3 is 0 Å². The molecule has 3 aromatic rings. The highest BCUT2D eigenvalue weighted by Gasteiger charge is 2.24. The first-order valence-electron chi connectivity index (χ1n) is 8.62. The first kappa shape index (κ1) is 17.0. The maximum Gasteiger partial charge on any atom is 0.269 e. The fourth-order valence-corrected chi connectivity index (χ4v) is 4.36. The van der Waals surface area contributed by atoms with Gasteiger partial charge in [0, 0.05) is 26.2 Å². The SMILES string of the molecule is Cc1cc(C(=O)NC2CCN(c3nc4ccc(F)cc4s3)CC2)n(C)n1. The lowest BCUT2D eigenvalue weighted by Crippen LogP contribution is -2.45. The monoisotopic (exact) mass is 373 g/mol. The molecule has 0 unspecified atom stereocenters. The highest BCUT2D eigenvalue weighted by atomic mass is 32.1. The fourth-order valence-electron chi connectivity index (χ4n) is 3.32. The molecule has 1 N–H and O–H groups in total. The van der Waals surface area contributed by atoms with Crippen molar-refractivity contribution in [3.05, 3.63) is 41.5 Å². The van der Waals surface area contributed by atoms with Crippen LogP contribution in [0.5, 0.6) is 0 Å². The number of benzene rings is 1. The highest BCUT2D eigenvalue weighted by Crippen LogP contribution is 2.31. The lowest BCUT2D eigenvalue weighted by atomic mass is 10.1. The first-order chi connectivity index (χ1) is 12.5. The topological polar surface area (TPSA) is 63.1 Å². The standard InChI is InChI=1S/C18H20FN5OS/c1-11-9-15(23(2)22-11)17(25)20-13-5-7-24(8-6-13)18-21-14-4-3-12(19)10-16(14)26-18/h3-4,9-10,13H,5-8H2,1-2H3,(H,20,25). The Morgan fingerprint density at radius 2 is 2.08 bits per heavy atom. The van der Waals surface area contributed by atoms with E-state index in [1.54, 1.807) is 23.9 Å². The number of halogens is 1. The number of fused-ring (bicyclic) bond motifs is 1. The summed E-state index contributed by atoms with van der Waals surface area (Å²) in [6.45, 7) is 3.51. The number of hydrogen-bond donors (Lipinski definition) is 1. The Kier molecular flexibility index (Phi) is 4.36. The number of aromatic nitrogens is 3. The van der Waals surface area contributed by atoms with Crippen LogP contribution in [0.4, 0.5) is 9.52 Å². The van der Waals surface area contributed by atoms with Gasteiger partial charge in [-0.3, -0.25) is 9.48 Å². The van der Waals surface area contributed by atoms with Crippen molar-refractivity contribution in [3.63, 3.8) is 0 Å². The molecule has 0 saturated carbocycles. The lowest BCUT2D eigenvalue weighted by molar-refractivity contribution is 0.0921.